The number of carbonyl (C=O) groups is 1. The molecule has 0 saturated heterocycles. The Morgan fingerprint density at radius 3 is 2.67 bits per heavy atom. The van der Waals surface area contributed by atoms with Gasteiger partial charge in [0.05, 0.1) is 15.6 Å². The summed E-state index contributed by atoms with van der Waals surface area (Å²) in [6.45, 7) is 0. The normalized spacial score (nSPS) is 11.0. The van der Waals surface area contributed by atoms with Crippen LogP contribution in [0.15, 0.2) is 47.4 Å². The van der Waals surface area contributed by atoms with E-state index in [1.54, 1.807) is 29.8 Å². The molecule has 0 bridgehead atoms. The summed E-state index contributed by atoms with van der Waals surface area (Å²) < 4.78 is 1.64. The van der Waals surface area contributed by atoms with Gasteiger partial charge in [-0.25, -0.2) is 4.79 Å². The molecule has 0 unspecified atom stereocenters. The summed E-state index contributed by atoms with van der Waals surface area (Å²) in [7, 11) is 1.71. The molecule has 0 aliphatic carbocycles. The minimum absolute atomic E-state index is 0.247. The lowest BCUT2D eigenvalue weighted by molar-refractivity contribution is 0.0695. The van der Waals surface area contributed by atoms with Crippen molar-refractivity contribution in [3.05, 3.63) is 79.6 Å². The number of pyridine rings is 1. The minimum Gasteiger partial charge on any atom is -0.477 e. The minimum atomic E-state index is -1.24. The van der Waals surface area contributed by atoms with Crippen LogP contribution in [0, 0.1) is 0 Å². The number of aromatic nitrogens is 1. The van der Waals surface area contributed by atoms with Crippen molar-refractivity contribution < 1.29 is 9.90 Å². The molecule has 1 N–H and O–H groups in total. The number of carboxylic acids is 1. The zero-order valence-electron chi connectivity index (χ0n) is 12.7. The second-order valence-corrected chi connectivity index (χ2v) is 6.31. The van der Waals surface area contributed by atoms with Crippen LogP contribution in [0.25, 0.3) is 10.9 Å². The Kier molecular flexibility index (Phi) is 4.35. The van der Waals surface area contributed by atoms with Gasteiger partial charge >= 0.3 is 5.97 Å². The summed E-state index contributed by atoms with van der Waals surface area (Å²) in [6, 6.07) is 10.8. The number of aryl methyl sites for hydroxylation is 1. The van der Waals surface area contributed by atoms with Gasteiger partial charge in [-0.3, -0.25) is 4.79 Å². The second kappa shape index (κ2) is 6.30. The number of benzene rings is 2. The van der Waals surface area contributed by atoms with Crippen LogP contribution in [0.1, 0.15) is 21.5 Å². The lowest BCUT2D eigenvalue weighted by atomic mass is 10.0. The number of halogens is 2. The van der Waals surface area contributed by atoms with Crippen molar-refractivity contribution in [3.8, 4) is 0 Å². The molecule has 24 heavy (non-hydrogen) atoms. The van der Waals surface area contributed by atoms with Crippen molar-refractivity contribution in [2.24, 2.45) is 7.05 Å². The van der Waals surface area contributed by atoms with E-state index < -0.39 is 11.4 Å². The topological polar surface area (TPSA) is 59.3 Å². The quantitative estimate of drug-likeness (QED) is 0.762. The highest BCUT2D eigenvalue weighted by molar-refractivity contribution is 6.42. The molecule has 4 nitrogen and oxygen atoms in total. The maximum Gasteiger partial charge on any atom is 0.341 e. The van der Waals surface area contributed by atoms with Crippen LogP contribution < -0.4 is 5.43 Å². The molecule has 0 spiro atoms. The Bertz CT molecular complexity index is 1020. The molecule has 3 aromatic rings. The first-order valence-electron chi connectivity index (χ1n) is 7.17. The van der Waals surface area contributed by atoms with E-state index in [0.717, 1.165) is 11.1 Å². The average molecular weight is 362 g/mol. The maximum atomic E-state index is 12.4. The van der Waals surface area contributed by atoms with E-state index in [4.69, 9.17) is 23.2 Å². The summed E-state index contributed by atoms with van der Waals surface area (Å²) >= 11 is 12.2. The molecule has 0 amide bonds. The third-order valence-electron chi connectivity index (χ3n) is 3.91. The van der Waals surface area contributed by atoms with Gasteiger partial charge in [-0.15, -0.1) is 0 Å². The Hall–Kier alpha value is -2.30. The van der Waals surface area contributed by atoms with Gasteiger partial charge in [-0.05, 0) is 35.7 Å². The van der Waals surface area contributed by atoms with E-state index in [9.17, 15) is 14.7 Å². The van der Waals surface area contributed by atoms with Gasteiger partial charge in [0.1, 0.15) is 5.56 Å². The number of carboxylic acid groups (broad SMARTS) is 1. The van der Waals surface area contributed by atoms with Crippen LogP contribution in [0.5, 0.6) is 0 Å². The molecule has 6 heteroatoms. The monoisotopic (exact) mass is 361 g/mol. The molecule has 0 atom stereocenters. The first kappa shape index (κ1) is 16.6. The largest absolute Gasteiger partial charge is 0.477 e. The van der Waals surface area contributed by atoms with Crippen LogP contribution in [0.3, 0.4) is 0 Å². The van der Waals surface area contributed by atoms with Gasteiger partial charge in [-0.1, -0.05) is 41.4 Å². The number of hydrogen-bond acceptors (Lipinski definition) is 2. The molecule has 0 aliphatic rings. The highest BCUT2D eigenvalue weighted by atomic mass is 35.5. The maximum absolute atomic E-state index is 12.4. The van der Waals surface area contributed by atoms with Gasteiger partial charge in [0.2, 0.25) is 5.43 Å². The van der Waals surface area contributed by atoms with E-state index in [-0.39, 0.29) is 5.56 Å². The van der Waals surface area contributed by atoms with Crippen LogP contribution in [-0.4, -0.2) is 15.6 Å². The molecular weight excluding hydrogens is 349 g/mol. The predicted molar refractivity (Wildman–Crippen MR) is 95.4 cm³/mol. The number of nitrogens with zero attached hydrogens (tertiary/aromatic N) is 1. The fourth-order valence-electron chi connectivity index (χ4n) is 2.71. The van der Waals surface area contributed by atoms with Crippen molar-refractivity contribution in [1.29, 1.82) is 0 Å². The number of fused-ring (bicyclic) bond motifs is 1. The number of hydrogen-bond donors (Lipinski definition) is 1. The van der Waals surface area contributed by atoms with Crippen LogP contribution in [0.2, 0.25) is 10.0 Å². The molecular formula is C18H13Cl2NO3. The predicted octanol–water partition coefficient (Wildman–Crippen LogP) is 4.13. The highest BCUT2D eigenvalue weighted by Crippen LogP contribution is 2.27. The molecule has 3 rings (SSSR count). The van der Waals surface area contributed by atoms with E-state index in [1.807, 2.05) is 18.2 Å². The van der Waals surface area contributed by atoms with Crippen molar-refractivity contribution in [3.63, 3.8) is 0 Å². The molecule has 0 aliphatic heterocycles. The van der Waals surface area contributed by atoms with Gasteiger partial charge < -0.3 is 9.67 Å². The lowest BCUT2D eigenvalue weighted by Gasteiger charge is -2.10. The Morgan fingerprint density at radius 1 is 1.21 bits per heavy atom. The second-order valence-electron chi connectivity index (χ2n) is 5.53. The molecule has 0 radical (unpaired) electrons. The molecule has 0 fully saturated rings. The lowest BCUT2D eigenvalue weighted by Crippen LogP contribution is -2.18. The summed E-state index contributed by atoms with van der Waals surface area (Å²) in [6.07, 6.45) is 1.83. The molecule has 122 valence electrons. The number of rotatable bonds is 3. The smallest absolute Gasteiger partial charge is 0.341 e. The highest BCUT2D eigenvalue weighted by Gasteiger charge is 2.14. The summed E-state index contributed by atoms with van der Waals surface area (Å²) in [5.41, 5.74) is 1.63. The van der Waals surface area contributed by atoms with Crippen molar-refractivity contribution >= 4 is 40.1 Å². The molecule has 1 heterocycles. The molecule has 1 aromatic heterocycles. The van der Waals surface area contributed by atoms with E-state index in [0.29, 0.717) is 27.4 Å². The zero-order valence-corrected chi connectivity index (χ0v) is 14.2. The first-order chi connectivity index (χ1) is 11.4. The van der Waals surface area contributed by atoms with Crippen molar-refractivity contribution in [1.82, 2.24) is 4.57 Å². The SMILES string of the molecule is Cn1cc(C(=O)O)c(=O)c2cc(Cc3cccc(Cl)c3Cl)ccc21. The standard InChI is InChI=1S/C18H13Cl2NO3/c1-21-9-13(18(23)24)17(22)12-8-10(5-6-15(12)21)7-11-3-2-4-14(19)16(11)20/h2-6,8-9H,7H2,1H3,(H,23,24). The van der Waals surface area contributed by atoms with Crippen LogP contribution in [-0.2, 0) is 13.5 Å². The first-order valence-corrected chi connectivity index (χ1v) is 7.92. The molecule has 0 saturated carbocycles. The fraction of sp³-hybridized carbons (Fsp3) is 0.111. The van der Waals surface area contributed by atoms with Crippen molar-refractivity contribution in [2.45, 2.75) is 6.42 Å². The Labute approximate surface area is 147 Å². The summed E-state index contributed by atoms with van der Waals surface area (Å²) in [4.78, 5) is 23.6. The van der Waals surface area contributed by atoms with Crippen LogP contribution in [0.4, 0.5) is 0 Å². The van der Waals surface area contributed by atoms with Gasteiger partial charge in [-0.2, -0.15) is 0 Å². The number of aromatic carboxylic acids is 1. The Morgan fingerprint density at radius 2 is 1.96 bits per heavy atom. The fourth-order valence-corrected chi connectivity index (χ4v) is 3.09. The van der Waals surface area contributed by atoms with E-state index in [1.165, 1.54) is 6.20 Å². The van der Waals surface area contributed by atoms with E-state index >= 15 is 0 Å². The van der Waals surface area contributed by atoms with Crippen molar-refractivity contribution in [2.75, 3.05) is 0 Å². The summed E-state index contributed by atoms with van der Waals surface area (Å²) in [5.74, 6) is -1.24. The third-order valence-corrected chi connectivity index (χ3v) is 4.77. The van der Waals surface area contributed by atoms with Gasteiger partial charge in [0, 0.05) is 18.6 Å². The third kappa shape index (κ3) is 2.90. The van der Waals surface area contributed by atoms with Gasteiger partial charge in [0.25, 0.3) is 0 Å². The average Bonchev–Trinajstić information content (AvgIpc) is 2.55. The van der Waals surface area contributed by atoms with E-state index in [2.05, 4.69) is 0 Å². The Balaban J connectivity index is 2.14. The molecule has 2 aromatic carbocycles. The summed E-state index contributed by atoms with van der Waals surface area (Å²) in [5, 5.41) is 10.5. The van der Waals surface area contributed by atoms with Gasteiger partial charge in [0.15, 0.2) is 0 Å². The van der Waals surface area contributed by atoms with Crippen LogP contribution >= 0.6 is 23.2 Å². The zero-order chi connectivity index (χ0) is 17.4.